The van der Waals surface area contributed by atoms with Crippen LogP contribution in [0.15, 0.2) is 24.3 Å². The van der Waals surface area contributed by atoms with Crippen molar-refractivity contribution in [2.45, 2.75) is 6.92 Å². The van der Waals surface area contributed by atoms with E-state index in [9.17, 15) is 14.4 Å². The summed E-state index contributed by atoms with van der Waals surface area (Å²) >= 11 is 0. The van der Waals surface area contributed by atoms with Crippen molar-refractivity contribution < 1.29 is 14.4 Å². The highest BCUT2D eigenvalue weighted by atomic mass is 31.2. The van der Waals surface area contributed by atoms with Crippen LogP contribution in [0.1, 0.15) is 5.56 Å². The first-order valence-electron chi connectivity index (χ1n) is 3.09. The van der Waals surface area contributed by atoms with E-state index in [1.807, 2.05) is 6.92 Å². The van der Waals surface area contributed by atoms with Gasteiger partial charge in [0.2, 0.25) is 0 Å². The van der Waals surface area contributed by atoms with Gasteiger partial charge in [0.25, 0.3) is 0 Å². The van der Waals surface area contributed by atoms with E-state index in [1.165, 1.54) is 12.1 Å². The molecule has 0 radical (unpaired) electrons. The molecule has 0 fully saturated rings. The first-order valence-corrected chi connectivity index (χ1v) is 4.64. The monoisotopic (exact) mass is 170 g/mol. The average Bonchev–Trinajstić information content (AvgIpc) is 1.86. The second kappa shape index (κ2) is 2.78. The van der Waals surface area contributed by atoms with Gasteiger partial charge in [-0.3, -0.25) is 0 Å². The Labute approximate surface area is 64.8 Å². The molecule has 0 aliphatic carbocycles. The van der Waals surface area contributed by atoms with Gasteiger partial charge in [-0.2, -0.15) is 0 Å². The van der Waals surface area contributed by atoms with Crippen LogP contribution in [-0.4, -0.2) is 0 Å². The highest BCUT2D eigenvalue weighted by Crippen LogP contribution is 2.21. The minimum atomic E-state index is -4.54. The van der Waals surface area contributed by atoms with Crippen molar-refractivity contribution in [2.75, 3.05) is 0 Å². The summed E-state index contributed by atoms with van der Waals surface area (Å²) in [6, 6.07) is 5.82. The van der Waals surface area contributed by atoms with E-state index in [0.29, 0.717) is 0 Å². The van der Waals surface area contributed by atoms with Crippen LogP contribution >= 0.6 is 7.60 Å². The Morgan fingerprint density at radius 3 is 2.00 bits per heavy atom. The standard InChI is InChI=1S/C7H9O3P/c1-6-2-4-7(5-3-6)11(8,9)10/h2-5H,1H3,(H2,8,9,10)/p-2. The van der Waals surface area contributed by atoms with Crippen LogP contribution in [0.4, 0.5) is 0 Å². The molecule has 3 nitrogen and oxygen atoms in total. The van der Waals surface area contributed by atoms with Gasteiger partial charge in [0.1, 0.15) is 0 Å². The SMILES string of the molecule is Cc1ccc(P(=O)([O-])[O-])cc1. The molecule has 0 aliphatic rings. The fraction of sp³-hybridized carbons (Fsp3) is 0.143. The van der Waals surface area contributed by atoms with Crippen molar-refractivity contribution in [1.82, 2.24) is 0 Å². The van der Waals surface area contributed by atoms with Crippen LogP contribution in [0.25, 0.3) is 0 Å². The van der Waals surface area contributed by atoms with Crippen molar-refractivity contribution in [1.29, 1.82) is 0 Å². The third-order valence-corrected chi connectivity index (χ3v) is 2.28. The first kappa shape index (κ1) is 8.47. The summed E-state index contributed by atoms with van der Waals surface area (Å²) in [7, 11) is -4.54. The Morgan fingerprint density at radius 1 is 1.18 bits per heavy atom. The summed E-state index contributed by atoms with van der Waals surface area (Å²) in [6.07, 6.45) is 0. The molecule has 60 valence electrons. The molecule has 0 unspecified atom stereocenters. The molecule has 0 amide bonds. The third-order valence-electron chi connectivity index (χ3n) is 1.35. The van der Waals surface area contributed by atoms with Gasteiger partial charge in [0.05, 0.1) is 0 Å². The first-order chi connectivity index (χ1) is 5.00. The summed E-state index contributed by atoms with van der Waals surface area (Å²) in [4.78, 5) is 20.8. The lowest BCUT2D eigenvalue weighted by Crippen LogP contribution is -2.24. The minimum absolute atomic E-state index is 0.150. The molecular formula is C7H7O3P-2. The maximum atomic E-state index is 10.4. The van der Waals surface area contributed by atoms with E-state index >= 15 is 0 Å². The Morgan fingerprint density at radius 2 is 1.64 bits per heavy atom. The molecule has 4 heteroatoms. The summed E-state index contributed by atoms with van der Waals surface area (Å²) < 4.78 is 10.4. The zero-order valence-corrected chi connectivity index (χ0v) is 6.88. The number of rotatable bonds is 1. The number of benzene rings is 1. The molecule has 0 aromatic heterocycles. The number of hydrogen-bond donors (Lipinski definition) is 0. The van der Waals surface area contributed by atoms with E-state index < -0.39 is 7.60 Å². The normalized spacial score (nSPS) is 11.5. The molecule has 0 saturated heterocycles. The molecule has 0 spiro atoms. The van der Waals surface area contributed by atoms with E-state index in [1.54, 1.807) is 12.1 Å². The highest BCUT2D eigenvalue weighted by molar-refractivity contribution is 7.57. The second-order valence-corrected chi connectivity index (χ2v) is 3.84. The Balaban J connectivity index is 3.09. The molecule has 1 rings (SSSR count). The quantitative estimate of drug-likeness (QED) is 0.535. The molecule has 1 aromatic rings. The predicted octanol–water partition coefficient (Wildman–Crippen LogP) is -0.466. The molecule has 0 aliphatic heterocycles. The maximum Gasteiger partial charge on any atom is -0.0156 e. The van der Waals surface area contributed by atoms with Crippen molar-refractivity contribution in [3.63, 3.8) is 0 Å². The summed E-state index contributed by atoms with van der Waals surface area (Å²) in [6.45, 7) is 1.82. The van der Waals surface area contributed by atoms with Crippen LogP contribution in [0.2, 0.25) is 0 Å². The van der Waals surface area contributed by atoms with Gasteiger partial charge < -0.3 is 14.4 Å². The molecule has 0 atom stereocenters. The Kier molecular flexibility index (Phi) is 2.14. The predicted molar refractivity (Wildman–Crippen MR) is 38.4 cm³/mol. The highest BCUT2D eigenvalue weighted by Gasteiger charge is 1.94. The zero-order valence-electron chi connectivity index (χ0n) is 5.98. The second-order valence-electron chi connectivity index (χ2n) is 2.33. The summed E-state index contributed by atoms with van der Waals surface area (Å²) in [5.74, 6) is 0. The largest absolute Gasteiger partial charge is 0.807 e. The van der Waals surface area contributed by atoms with Crippen LogP contribution in [0.5, 0.6) is 0 Å². The van der Waals surface area contributed by atoms with E-state index in [-0.39, 0.29) is 5.30 Å². The molecule has 0 N–H and O–H groups in total. The topological polar surface area (TPSA) is 63.2 Å². The van der Waals surface area contributed by atoms with E-state index in [2.05, 4.69) is 0 Å². The minimum Gasteiger partial charge on any atom is -0.807 e. The van der Waals surface area contributed by atoms with Crippen molar-refractivity contribution in [3.05, 3.63) is 29.8 Å². The van der Waals surface area contributed by atoms with Crippen LogP contribution < -0.4 is 15.1 Å². The molecule has 1 aromatic carbocycles. The van der Waals surface area contributed by atoms with Gasteiger partial charge in [-0.25, -0.2) is 0 Å². The van der Waals surface area contributed by atoms with Crippen molar-refractivity contribution in [2.24, 2.45) is 0 Å². The Hall–Kier alpha value is -0.630. The summed E-state index contributed by atoms with van der Waals surface area (Å²) in [5, 5.41) is -0.150. The smallest absolute Gasteiger partial charge is 0.0156 e. The van der Waals surface area contributed by atoms with Gasteiger partial charge in [0, 0.05) is 0 Å². The summed E-state index contributed by atoms with van der Waals surface area (Å²) in [5.41, 5.74) is 0.933. The van der Waals surface area contributed by atoms with E-state index in [4.69, 9.17) is 0 Å². The lowest BCUT2D eigenvalue weighted by molar-refractivity contribution is -0.307. The fourth-order valence-electron chi connectivity index (χ4n) is 0.727. The van der Waals surface area contributed by atoms with Crippen LogP contribution in [0.3, 0.4) is 0 Å². The molecule has 0 bridgehead atoms. The molecular weight excluding hydrogens is 163 g/mol. The van der Waals surface area contributed by atoms with Crippen molar-refractivity contribution in [3.8, 4) is 0 Å². The molecule has 0 heterocycles. The van der Waals surface area contributed by atoms with Crippen molar-refractivity contribution >= 4 is 12.9 Å². The molecule has 11 heavy (non-hydrogen) atoms. The lowest BCUT2D eigenvalue weighted by atomic mass is 10.2. The van der Waals surface area contributed by atoms with Crippen LogP contribution in [-0.2, 0) is 4.57 Å². The van der Waals surface area contributed by atoms with E-state index in [0.717, 1.165) is 5.56 Å². The maximum absolute atomic E-state index is 10.4. The average molecular weight is 170 g/mol. The number of hydrogen-bond acceptors (Lipinski definition) is 3. The van der Waals surface area contributed by atoms with Crippen LogP contribution in [0, 0.1) is 6.92 Å². The third kappa shape index (κ3) is 2.15. The van der Waals surface area contributed by atoms with Gasteiger partial charge in [-0.15, -0.1) is 0 Å². The van der Waals surface area contributed by atoms with Gasteiger partial charge >= 0.3 is 0 Å². The van der Waals surface area contributed by atoms with Gasteiger partial charge in [-0.1, -0.05) is 29.8 Å². The fourth-order valence-corrected chi connectivity index (χ4v) is 1.24. The van der Waals surface area contributed by atoms with Gasteiger partial charge in [0.15, 0.2) is 0 Å². The zero-order chi connectivity index (χ0) is 8.48. The number of aryl methyl sites for hydroxylation is 1. The lowest BCUT2D eigenvalue weighted by Gasteiger charge is -2.29. The molecule has 0 saturated carbocycles. The van der Waals surface area contributed by atoms with Gasteiger partial charge in [-0.05, 0) is 19.8 Å². The Bertz CT molecular complexity index is 285.